The zero-order valence-electron chi connectivity index (χ0n) is 14.7. The largest absolute Gasteiger partial charge is 0.386 e. The Kier molecular flexibility index (Phi) is 4.58. The minimum atomic E-state index is -0.997. The van der Waals surface area contributed by atoms with E-state index in [9.17, 15) is 9.90 Å². The molecule has 1 amide bonds. The van der Waals surface area contributed by atoms with Gasteiger partial charge in [0, 0.05) is 36.7 Å². The molecule has 1 fully saturated rings. The van der Waals surface area contributed by atoms with Crippen LogP contribution >= 0.6 is 0 Å². The number of hydrogen-bond donors (Lipinski definition) is 3. The lowest BCUT2D eigenvalue weighted by molar-refractivity contribution is 0.0251. The van der Waals surface area contributed by atoms with E-state index in [1.54, 1.807) is 18.5 Å². The van der Waals surface area contributed by atoms with E-state index in [0.717, 1.165) is 49.9 Å². The summed E-state index contributed by atoms with van der Waals surface area (Å²) in [4.78, 5) is 23.0. The highest BCUT2D eigenvalue weighted by Gasteiger charge is 2.35. The number of carbonyl (C=O) groups excluding carboxylic acids is 1. The molecule has 0 radical (unpaired) electrons. The molecule has 26 heavy (non-hydrogen) atoms. The van der Waals surface area contributed by atoms with Gasteiger partial charge in [0.15, 0.2) is 5.69 Å². The molecule has 8 heteroatoms. The molecule has 8 nitrogen and oxygen atoms in total. The molecule has 1 aliphatic heterocycles. The number of aromatic amines is 1. The van der Waals surface area contributed by atoms with Crippen molar-refractivity contribution in [2.45, 2.75) is 44.1 Å². The fraction of sp³-hybridized carbons (Fsp3) is 0.556. The normalized spacial score (nSPS) is 22.7. The van der Waals surface area contributed by atoms with Crippen LogP contribution in [0.1, 0.15) is 47.4 Å². The first kappa shape index (κ1) is 17.0. The maximum absolute atomic E-state index is 12.6. The van der Waals surface area contributed by atoms with Crippen molar-refractivity contribution in [3.8, 4) is 0 Å². The van der Waals surface area contributed by atoms with Crippen LogP contribution in [0.15, 0.2) is 18.5 Å². The van der Waals surface area contributed by atoms with Crippen molar-refractivity contribution in [3.05, 3.63) is 35.4 Å². The molecule has 0 unspecified atom stereocenters. The molecule has 1 atom stereocenters. The number of aromatic nitrogens is 4. The molecule has 0 saturated carbocycles. The number of piperidine rings is 1. The SMILES string of the molecule is O=C(NC[C@@]1(O)CCCN(c2ncccn2)C1)c1n[nH]c2c1CCCC2. The standard InChI is InChI=1S/C18H24N6O2/c25-16(15-13-5-1-2-6-14(13)22-23-15)21-11-18(26)7-3-10-24(12-18)17-19-8-4-9-20-17/h4,8-9,26H,1-3,5-7,10-12H2,(H,21,25)(H,22,23)/t18-/m0/s1. The van der Waals surface area contributed by atoms with Crippen LogP contribution < -0.4 is 10.2 Å². The molecule has 0 bridgehead atoms. The van der Waals surface area contributed by atoms with Crippen molar-refractivity contribution >= 4 is 11.9 Å². The average Bonchev–Trinajstić information content (AvgIpc) is 3.11. The smallest absolute Gasteiger partial charge is 0.272 e. The van der Waals surface area contributed by atoms with Crippen molar-refractivity contribution in [1.82, 2.24) is 25.5 Å². The van der Waals surface area contributed by atoms with Crippen molar-refractivity contribution in [3.63, 3.8) is 0 Å². The summed E-state index contributed by atoms with van der Waals surface area (Å²) in [6.45, 7) is 1.39. The number of nitrogens with zero attached hydrogens (tertiary/aromatic N) is 4. The second kappa shape index (κ2) is 7.03. The van der Waals surface area contributed by atoms with Gasteiger partial charge in [0.2, 0.25) is 5.95 Å². The molecule has 1 aliphatic carbocycles. The highest BCUT2D eigenvalue weighted by atomic mass is 16.3. The van der Waals surface area contributed by atoms with Gasteiger partial charge in [-0.1, -0.05) is 0 Å². The zero-order valence-corrected chi connectivity index (χ0v) is 14.7. The van der Waals surface area contributed by atoms with Gasteiger partial charge in [0.05, 0.1) is 12.1 Å². The highest BCUT2D eigenvalue weighted by Crippen LogP contribution is 2.24. The summed E-state index contributed by atoms with van der Waals surface area (Å²) in [6.07, 6.45) is 8.90. The summed E-state index contributed by atoms with van der Waals surface area (Å²) in [7, 11) is 0. The second-order valence-corrected chi connectivity index (χ2v) is 7.22. The number of aryl methyl sites for hydroxylation is 1. The maximum atomic E-state index is 12.6. The number of carbonyl (C=O) groups is 1. The van der Waals surface area contributed by atoms with E-state index < -0.39 is 5.60 Å². The highest BCUT2D eigenvalue weighted by molar-refractivity contribution is 5.94. The Hall–Kier alpha value is -2.48. The molecule has 2 aliphatic rings. The van der Waals surface area contributed by atoms with Crippen LogP contribution in [0.5, 0.6) is 0 Å². The molecule has 2 aromatic rings. The number of aliphatic hydroxyl groups is 1. The van der Waals surface area contributed by atoms with Gasteiger partial charge in [0.1, 0.15) is 0 Å². The quantitative estimate of drug-likeness (QED) is 0.749. The van der Waals surface area contributed by atoms with E-state index in [1.807, 2.05) is 4.90 Å². The minimum Gasteiger partial charge on any atom is -0.386 e. The van der Waals surface area contributed by atoms with Crippen LogP contribution in [-0.2, 0) is 12.8 Å². The van der Waals surface area contributed by atoms with E-state index in [1.165, 1.54) is 0 Å². The number of hydrogen-bond acceptors (Lipinski definition) is 6. The van der Waals surface area contributed by atoms with Crippen LogP contribution in [0.3, 0.4) is 0 Å². The molecule has 3 heterocycles. The summed E-state index contributed by atoms with van der Waals surface area (Å²) >= 11 is 0. The van der Waals surface area contributed by atoms with E-state index >= 15 is 0 Å². The van der Waals surface area contributed by atoms with Gasteiger partial charge in [-0.05, 0) is 44.6 Å². The molecule has 2 aromatic heterocycles. The maximum Gasteiger partial charge on any atom is 0.272 e. The van der Waals surface area contributed by atoms with E-state index in [0.29, 0.717) is 24.6 Å². The third-order valence-corrected chi connectivity index (χ3v) is 5.24. The number of nitrogens with one attached hydrogen (secondary N) is 2. The summed E-state index contributed by atoms with van der Waals surface area (Å²) in [6, 6.07) is 1.77. The predicted molar refractivity (Wildman–Crippen MR) is 96.0 cm³/mol. The zero-order chi connectivity index (χ0) is 18.0. The molecule has 1 saturated heterocycles. The second-order valence-electron chi connectivity index (χ2n) is 7.22. The lowest BCUT2D eigenvalue weighted by Crippen LogP contribution is -2.54. The first-order chi connectivity index (χ1) is 12.6. The minimum absolute atomic E-state index is 0.191. The van der Waals surface area contributed by atoms with Crippen molar-refractivity contribution < 1.29 is 9.90 Å². The lowest BCUT2D eigenvalue weighted by atomic mass is 9.92. The average molecular weight is 356 g/mol. The fourth-order valence-corrected chi connectivity index (χ4v) is 3.88. The first-order valence-corrected chi connectivity index (χ1v) is 9.23. The van der Waals surface area contributed by atoms with Crippen molar-refractivity contribution in [2.24, 2.45) is 0 Å². The Morgan fingerprint density at radius 3 is 2.92 bits per heavy atom. The van der Waals surface area contributed by atoms with Gasteiger partial charge in [-0.25, -0.2) is 9.97 Å². The van der Waals surface area contributed by atoms with Crippen molar-refractivity contribution in [1.29, 1.82) is 0 Å². The Morgan fingerprint density at radius 1 is 1.27 bits per heavy atom. The topological polar surface area (TPSA) is 107 Å². The Labute approximate surface area is 152 Å². The lowest BCUT2D eigenvalue weighted by Gasteiger charge is -2.39. The molecular formula is C18H24N6O2. The van der Waals surface area contributed by atoms with E-state index in [4.69, 9.17) is 0 Å². The number of amides is 1. The van der Waals surface area contributed by atoms with Crippen LogP contribution in [-0.4, -0.2) is 56.4 Å². The molecule has 0 aromatic carbocycles. The van der Waals surface area contributed by atoms with Crippen LogP contribution in [0.4, 0.5) is 5.95 Å². The Balaban J connectivity index is 1.40. The van der Waals surface area contributed by atoms with Crippen LogP contribution in [0.2, 0.25) is 0 Å². The van der Waals surface area contributed by atoms with Gasteiger partial charge in [0.25, 0.3) is 5.91 Å². The fourth-order valence-electron chi connectivity index (χ4n) is 3.88. The first-order valence-electron chi connectivity index (χ1n) is 9.23. The molecule has 138 valence electrons. The predicted octanol–water partition coefficient (Wildman–Crippen LogP) is 0.840. The number of fused-ring (bicyclic) bond motifs is 1. The molecule has 0 spiro atoms. The van der Waals surface area contributed by atoms with Crippen LogP contribution in [0, 0.1) is 0 Å². The van der Waals surface area contributed by atoms with Gasteiger partial charge in [-0.15, -0.1) is 0 Å². The van der Waals surface area contributed by atoms with Crippen molar-refractivity contribution in [2.75, 3.05) is 24.5 Å². The number of anilines is 1. The number of β-amino-alcohol motifs (C(OH)–C–C–N with tert-alkyl or cyclic N) is 1. The monoisotopic (exact) mass is 356 g/mol. The Bertz CT molecular complexity index is 777. The summed E-state index contributed by atoms with van der Waals surface area (Å²) in [5.41, 5.74) is 1.58. The molecular weight excluding hydrogens is 332 g/mol. The van der Waals surface area contributed by atoms with Gasteiger partial charge in [-0.2, -0.15) is 5.10 Å². The molecule has 3 N–H and O–H groups in total. The summed E-state index contributed by atoms with van der Waals surface area (Å²) in [5, 5.41) is 21.0. The third-order valence-electron chi connectivity index (χ3n) is 5.24. The van der Waals surface area contributed by atoms with E-state index in [-0.39, 0.29) is 12.5 Å². The number of rotatable bonds is 4. The van der Waals surface area contributed by atoms with Gasteiger partial charge in [-0.3, -0.25) is 9.89 Å². The van der Waals surface area contributed by atoms with Gasteiger partial charge >= 0.3 is 0 Å². The third kappa shape index (κ3) is 3.41. The molecule has 4 rings (SSSR count). The van der Waals surface area contributed by atoms with Crippen LogP contribution in [0.25, 0.3) is 0 Å². The summed E-state index contributed by atoms with van der Waals surface area (Å²) < 4.78 is 0. The van der Waals surface area contributed by atoms with E-state index in [2.05, 4.69) is 25.5 Å². The summed E-state index contributed by atoms with van der Waals surface area (Å²) in [5.74, 6) is 0.393. The Morgan fingerprint density at radius 2 is 2.08 bits per heavy atom. The number of H-pyrrole nitrogens is 1. The van der Waals surface area contributed by atoms with Gasteiger partial charge < -0.3 is 15.3 Å².